The summed E-state index contributed by atoms with van der Waals surface area (Å²) in [6.45, 7) is 6.48. The van der Waals surface area contributed by atoms with Crippen LogP contribution in [0.25, 0.3) is 0 Å². The minimum atomic E-state index is 0.300. The van der Waals surface area contributed by atoms with E-state index in [4.69, 9.17) is 9.90 Å². The highest BCUT2D eigenvalue weighted by atomic mass is 16.2. The van der Waals surface area contributed by atoms with Crippen molar-refractivity contribution in [2.75, 3.05) is 13.2 Å². The first-order valence-corrected chi connectivity index (χ1v) is 8.55. The van der Waals surface area contributed by atoms with E-state index in [2.05, 4.69) is 36.5 Å². The number of carbonyl (C=O) groups excluding carboxylic acids is 1. The predicted molar refractivity (Wildman–Crippen MR) is 94.1 cm³/mol. The summed E-state index contributed by atoms with van der Waals surface area (Å²) in [5.74, 6) is 0. The highest BCUT2D eigenvalue weighted by Gasteiger charge is 1.96. The smallest absolute Gasteiger partial charge is 0.106 e. The predicted octanol–water partition coefficient (Wildman–Crippen LogP) is 3.88. The van der Waals surface area contributed by atoms with Gasteiger partial charge in [-0.25, -0.2) is 0 Å². The fourth-order valence-electron chi connectivity index (χ4n) is 2.35. The summed E-state index contributed by atoms with van der Waals surface area (Å²) in [4.78, 5) is 8.00. The van der Waals surface area contributed by atoms with Gasteiger partial charge in [-0.1, -0.05) is 56.9 Å². The van der Waals surface area contributed by atoms with Crippen molar-refractivity contribution in [1.82, 2.24) is 5.32 Å². The van der Waals surface area contributed by atoms with Crippen molar-refractivity contribution in [2.24, 2.45) is 0 Å². The molecule has 2 N–H and O–H groups in total. The Hall–Kier alpha value is -1.19. The number of nitrogens with one attached hydrogen (secondary N) is 1. The molecule has 0 aliphatic rings. The Labute approximate surface area is 136 Å². The molecule has 0 unspecified atom stereocenters. The molecule has 126 valence electrons. The summed E-state index contributed by atoms with van der Waals surface area (Å²) in [7, 11) is 0. The van der Waals surface area contributed by atoms with Crippen LogP contribution >= 0.6 is 0 Å². The topological polar surface area (TPSA) is 49.3 Å². The largest absolute Gasteiger partial charge is 0.396 e. The van der Waals surface area contributed by atoms with Gasteiger partial charge >= 0.3 is 0 Å². The molecule has 1 rings (SSSR count). The maximum Gasteiger partial charge on any atom is 0.106 e. The highest BCUT2D eigenvalue weighted by molar-refractivity contribution is 5.22. The fraction of sp³-hybridized carbons (Fsp3) is 0.632. The lowest BCUT2D eigenvalue weighted by Gasteiger charge is -2.06. The van der Waals surface area contributed by atoms with Gasteiger partial charge in [0.05, 0.1) is 0 Å². The van der Waals surface area contributed by atoms with Crippen LogP contribution in [-0.4, -0.2) is 25.0 Å². The zero-order valence-electron chi connectivity index (χ0n) is 14.2. The number of aliphatic hydroxyl groups excluding tert-OH is 1. The number of hydrogen-bond acceptors (Lipinski definition) is 3. The average Bonchev–Trinajstić information content (AvgIpc) is 2.57. The number of aliphatic hydroxyl groups is 1. The van der Waals surface area contributed by atoms with Crippen LogP contribution in [0.4, 0.5) is 0 Å². The molecule has 1 aromatic rings. The molecule has 3 heteroatoms. The first kappa shape index (κ1) is 20.8. The van der Waals surface area contributed by atoms with E-state index in [1.165, 1.54) is 49.7 Å². The Morgan fingerprint density at radius 2 is 1.55 bits per heavy atom. The Morgan fingerprint density at radius 3 is 2.18 bits per heavy atom. The molecule has 3 nitrogen and oxygen atoms in total. The van der Waals surface area contributed by atoms with E-state index < -0.39 is 0 Å². The van der Waals surface area contributed by atoms with Gasteiger partial charge in [-0.3, -0.25) is 0 Å². The highest BCUT2D eigenvalue weighted by Crippen LogP contribution is 2.10. The summed E-state index contributed by atoms with van der Waals surface area (Å²) in [5.41, 5.74) is 2.81. The van der Waals surface area contributed by atoms with E-state index in [1.807, 2.05) is 6.79 Å². The molecule has 0 spiro atoms. The summed E-state index contributed by atoms with van der Waals surface area (Å²) in [6, 6.07) is 9.01. The third-order valence-corrected chi connectivity index (χ3v) is 3.68. The van der Waals surface area contributed by atoms with Crippen molar-refractivity contribution in [3.8, 4) is 0 Å². The van der Waals surface area contributed by atoms with Gasteiger partial charge in [0, 0.05) is 13.2 Å². The number of carbonyl (C=O) groups is 1. The Balaban J connectivity index is 0.00000211. The van der Waals surface area contributed by atoms with Crippen molar-refractivity contribution in [3.05, 3.63) is 35.4 Å². The molecular weight excluding hydrogens is 274 g/mol. The zero-order valence-corrected chi connectivity index (χ0v) is 14.2. The third kappa shape index (κ3) is 11.5. The van der Waals surface area contributed by atoms with E-state index in [-0.39, 0.29) is 0 Å². The van der Waals surface area contributed by atoms with E-state index in [9.17, 15) is 0 Å². The number of rotatable bonds is 12. The molecule has 0 radical (unpaired) electrons. The monoisotopic (exact) mass is 307 g/mol. The van der Waals surface area contributed by atoms with E-state index >= 15 is 0 Å². The van der Waals surface area contributed by atoms with Crippen LogP contribution in [0.3, 0.4) is 0 Å². The molecule has 22 heavy (non-hydrogen) atoms. The molecule has 0 bridgehead atoms. The molecule has 0 saturated heterocycles. The first-order valence-electron chi connectivity index (χ1n) is 8.55. The zero-order chi connectivity index (χ0) is 16.5. The van der Waals surface area contributed by atoms with Crippen LogP contribution in [0.5, 0.6) is 0 Å². The van der Waals surface area contributed by atoms with Crippen LogP contribution in [0.1, 0.15) is 63.0 Å². The van der Waals surface area contributed by atoms with Gasteiger partial charge in [0.2, 0.25) is 0 Å². The second-order valence-electron chi connectivity index (χ2n) is 5.59. The van der Waals surface area contributed by atoms with Crippen LogP contribution in [0.15, 0.2) is 24.3 Å². The lowest BCUT2D eigenvalue weighted by Crippen LogP contribution is -2.14. The van der Waals surface area contributed by atoms with Gasteiger partial charge in [-0.15, -0.1) is 0 Å². The molecule has 0 amide bonds. The average molecular weight is 307 g/mol. The third-order valence-electron chi connectivity index (χ3n) is 3.68. The van der Waals surface area contributed by atoms with E-state index in [1.54, 1.807) is 0 Å². The Morgan fingerprint density at radius 1 is 0.909 bits per heavy atom. The van der Waals surface area contributed by atoms with Gasteiger partial charge < -0.3 is 15.2 Å². The van der Waals surface area contributed by atoms with Gasteiger partial charge in [-0.2, -0.15) is 0 Å². The van der Waals surface area contributed by atoms with Crippen molar-refractivity contribution in [1.29, 1.82) is 0 Å². The second-order valence-corrected chi connectivity index (χ2v) is 5.59. The van der Waals surface area contributed by atoms with Gasteiger partial charge in [0.15, 0.2) is 0 Å². The standard InChI is InChI=1S/C18H31NO.CH2O/c1-2-3-4-5-6-9-17-10-12-18(13-11-17)16-19-14-7-8-15-20;1-2/h10-13,19-20H,2-9,14-16H2,1H3;1H2. The summed E-state index contributed by atoms with van der Waals surface area (Å²) < 4.78 is 0. The maximum absolute atomic E-state index is 8.70. The molecule has 0 saturated carbocycles. The minimum Gasteiger partial charge on any atom is -0.396 e. The SMILES string of the molecule is C=O.CCCCCCCc1ccc(CNCCCCO)cc1. The number of benzene rings is 1. The van der Waals surface area contributed by atoms with Gasteiger partial charge in [0.25, 0.3) is 0 Å². The fourth-order valence-corrected chi connectivity index (χ4v) is 2.35. The Bertz CT molecular complexity index is 305. The molecule has 0 heterocycles. The molecule has 0 fully saturated rings. The summed E-state index contributed by atoms with van der Waals surface area (Å²) in [6.07, 6.45) is 9.91. The van der Waals surface area contributed by atoms with Crippen LogP contribution in [0.2, 0.25) is 0 Å². The maximum atomic E-state index is 8.70. The van der Waals surface area contributed by atoms with E-state index in [0.717, 1.165) is 25.9 Å². The van der Waals surface area contributed by atoms with Crippen LogP contribution < -0.4 is 5.32 Å². The summed E-state index contributed by atoms with van der Waals surface area (Å²) >= 11 is 0. The van der Waals surface area contributed by atoms with Crippen LogP contribution in [0, 0.1) is 0 Å². The van der Waals surface area contributed by atoms with Crippen LogP contribution in [-0.2, 0) is 17.8 Å². The molecule has 0 atom stereocenters. The molecule has 1 aromatic carbocycles. The molecule has 0 aromatic heterocycles. The number of unbranched alkanes of at least 4 members (excludes halogenated alkanes) is 5. The number of hydrogen-bond donors (Lipinski definition) is 2. The summed E-state index contributed by atoms with van der Waals surface area (Å²) in [5, 5.41) is 12.1. The van der Waals surface area contributed by atoms with Gasteiger partial charge in [-0.05, 0) is 43.4 Å². The molecular formula is C19H33NO2. The lowest BCUT2D eigenvalue weighted by atomic mass is 10.0. The molecule has 0 aliphatic carbocycles. The second kappa shape index (κ2) is 16.2. The first-order chi connectivity index (χ1) is 10.9. The van der Waals surface area contributed by atoms with Gasteiger partial charge in [0.1, 0.15) is 6.79 Å². The number of aryl methyl sites for hydroxylation is 1. The van der Waals surface area contributed by atoms with Crippen molar-refractivity contribution in [2.45, 2.75) is 64.8 Å². The molecule has 0 aliphatic heterocycles. The van der Waals surface area contributed by atoms with Crippen molar-refractivity contribution < 1.29 is 9.90 Å². The lowest BCUT2D eigenvalue weighted by molar-refractivity contribution is -0.0979. The minimum absolute atomic E-state index is 0.300. The van der Waals surface area contributed by atoms with Crippen molar-refractivity contribution in [3.63, 3.8) is 0 Å². The quantitative estimate of drug-likeness (QED) is 0.576. The Kier molecular flexibility index (Phi) is 15.3. The van der Waals surface area contributed by atoms with E-state index in [0.29, 0.717) is 6.61 Å². The normalized spacial score (nSPS) is 10.1. The van der Waals surface area contributed by atoms with Crippen molar-refractivity contribution >= 4 is 6.79 Å².